The predicted molar refractivity (Wildman–Crippen MR) is 59.5 cm³/mol. The minimum Gasteiger partial charge on any atom is -0.388 e. The molecule has 0 atom stereocenters. The van der Waals surface area contributed by atoms with Crippen LogP contribution < -0.4 is 5.32 Å². The molecule has 0 fully saturated rings. The smallest absolute Gasteiger partial charge is 0.388 e. The molecule has 16 heavy (non-hydrogen) atoms. The van der Waals surface area contributed by atoms with Gasteiger partial charge in [0.2, 0.25) is 0 Å². The number of carbonyl (C=O) groups excluding carboxylic acids is 1. The van der Waals surface area contributed by atoms with E-state index in [4.69, 9.17) is 4.79 Å². The summed E-state index contributed by atoms with van der Waals surface area (Å²) in [6.07, 6.45) is -4.26. The average molecular weight is 235 g/mol. The summed E-state index contributed by atoms with van der Waals surface area (Å²) in [5.74, 6) is 0. The van der Waals surface area contributed by atoms with Gasteiger partial charge in [-0.2, -0.15) is 13.2 Å². The Morgan fingerprint density at radius 3 is 2.06 bits per heavy atom. The Kier molecular flexibility index (Phi) is 9.25. The van der Waals surface area contributed by atoms with Crippen molar-refractivity contribution < 1.29 is 18.0 Å². The van der Waals surface area contributed by atoms with Gasteiger partial charge in [-0.1, -0.05) is 19.9 Å². The zero-order valence-corrected chi connectivity index (χ0v) is 9.56. The van der Waals surface area contributed by atoms with Crippen molar-refractivity contribution in [3.8, 4) is 0 Å². The van der Waals surface area contributed by atoms with Crippen LogP contribution in [0.15, 0.2) is 24.3 Å². The van der Waals surface area contributed by atoms with Crippen molar-refractivity contribution in [3.63, 3.8) is 0 Å². The van der Waals surface area contributed by atoms with E-state index in [1.165, 1.54) is 6.07 Å². The van der Waals surface area contributed by atoms with Gasteiger partial charge in [0.25, 0.3) is 0 Å². The Hall–Kier alpha value is -1.52. The Morgan fingerprint density at radius 2 is 1.69 bits per heavy atom. The Bertz CT molecular complexity index is 287. The molecule has 0 aromatic heterocycles. The van der Waals surface area contributed by atoms with Gasteiger partial charge < -0.3 is 10.1 Å². The molecular weight excluding hydrogens is 219 g/mol. The average Bonchev–Trinajstić information content (AvgIpc) is 2.33. The number of rotatable bonds is 1. The molecule has 0 aliphatic carbocycles. The van der Waals surface area contributed by atoms with E-state index in [-0.39, 0.29) is 0 Å². The summed E-state index contributed by atoms with van der Waals surface area (Å²) < 4.78 is 36.2. The van der Waals surface area contributed by atoms with Crippen LogP contribution in [-0.2, 0) is 11.0 Å². The number of hydrogen-bond acceptors (Lipinski definition) is 2. The van der Waals surface area contributed by atoms with Crippen LogP contribution in [0.4, 0.5) is 18.9 Å². The molecule has 0 radical (unpaired) electrons. The second-order valence-electron chi connectivity index (χ2n) is 2.33. The highest BCUT2D eigenvalue weighted by Crippen LogP contribution is 2.30. The highest BCUT2D eigenvalue weighted by Gasteiger charge is 2.30. The first-order valence-corrected chi connectivity index (χ1v) is 4.68. The van der Waals surface area contributed by atoms with Gasteiger partial charge in [-0.3, -0.25) is 0 Å². The zero-order valence-electron chi connectivity index (χ0n) is 9.56. The molecule has 0 amide bonds. The number of hydrogen-bond donors (Lipinski definition) is 1. The Morgan fingerprint density at radius 1 is 1.19 bits per heavy atom. The molecule has 1 N–H and O–H groups in total. The van der Waals surface area contributed by atoms with Crippen molar-refractivity contribution in [3.05, 3.63) is 29.8 Å². The molecule has 0 saturated carbocycles. The fourth-order valence-corrected chi connectivity index (χ4v) is 0.851. The van der Waals surface area contributed by atoms with Gasteiger partial charge >= 0.3 is 6.18 Å². The van der Waals surface area contributed by atoms with E-state index in [9.17, 15) is 13.2 Å². The first-order chi connectivity index (χ1) is 7.54. The van der Waals surface area contributed by atoms with Crippen molar-refractivity contribution in [2.24, 2.45) is 0 Å². The summed E-state index contributed by atoms with van der Waals surface area (Å²) in [6, 6.07) is 5.06. The lowest BCUT2D eigenvalue weighted by Gasteiger charge is -2.07. The minimum atomic E-state index is -4.26. The molecule has 1 aromatic carbocycles. The van der Waals surface area contributed by atoms with Crippen molar-refractivity contribution in [1.29, 1.82) is 0 Å². The molecule has 0 unspecified atom stereocenters. The van der Waals surface area contributed by atoms with Gasteiger partial charge in [0.1, 0.15) is 6.79 Å². The molecule has 5 heteroatoms. The van der Waals surface area contributed by atoms with E-state index < -0.39 is 11.7 Å². The monoisotopic (exact) mass is 235 g/mol. The second-order valence-corrected chi connectivity index (χ2v) is 2.33. The third kappa shape index (κ3) is 6.06. The highest BCUT2D eigenvalue weighted by atomic mass is 19.4. The maximum absolute atomic E-state index is 12.1. The normalized spacial score (nSPS) is 9.12. The lowest BCUT2D eigenvalue weighted by molar-refractivity contribution is -0.137. The van der Waals surface area contributed by atoms with Gasteiger partial charge in [0, 0.05) is 12.7 Å². The molecule has 0 aliphatic rings. The van der Waals surface area contributed by atoms with Gasteiger partial charge in [-0.25, -0.2) is 0 Å². The summed E-state index contributed by atoms with van der Waals surface area (Å²) in [5.41, 5.74) is -0.167. The summed E-state index contributed by atoms with van der Waals surface area (Å²) in [6.45, 7) is 6.00. The predicted octanol–water partition coefficient (Wildman–Crippen LogP) is 3.59. The number of carbonyl (C=O) groups is 1. The van der Waals surface area contributed by atoms with Crippen LogP contribution in [0.5, 0.6) is 0 Å². The van der Waals surface area contributed by atoms with Crippen LogP contribution in [0.2, 0.25) is 0 Å². The Balaban J connectivity index is 0. The van der Waals surface area contributed by atoms with Crippen molar-refractivity contribution in [2.45, 2.75) is 20.0 Å². The summed E-state index contributed by atoms with van der Waals surface area (Å²) in [7, 11) is 1.58. The SMILES string of the molecule is C=O.CC.CNc1cccc(C(F)(F)F)c1. The van der Waals surface area contributed by atoms with Crippen LogP contribution in [0.25, 0.3) is 0 Å². The second kappa shape index (κ2) is 8.76. The van der Waals surface area contributed by atoms with Gasteiger partial charge in [-0.15, -0.1) is 0 Å². The third-order valence-corrected chi connectivity index (χ3v) is 1.48. The summed E-state index contributed by atoms with van der Waals surface area (Å²) >= 11 is 0. The molecule has 2 nitrogen and oxygen atoms in total. The van der Waals surface area contributed by atoms with Crippen LogP contribution in [0, 0.1) is 0 Å². The highest BCUT2D eigenvalue weighted by molar-refractivity contribution is 5.45. The standard InChI is InChI=1S/C8H8F3N.C2H6.CH2O/c1-12-7-4-2-3-6(5-7)8(9,10)11;2*1-2/h2-5,12H,1H3;1-2H3;1H2. The molecule has 1 aromatic rings. The van der Waals surface area contributed by atoms with E-state index in [0.717, 1.165) is 12.1 Å². The van der Waals surface area contributed by atoms with Gasteiger partial charge in [0.05, 0.1) is 5.56 Å². The number of anilines is 1. The van der Waals surface area contributed by atoms with Crippen LogP contribution in [0.1, 0.15) is 19.4 Å². The summed E-state index contributed by atoms with van der Waals surface area (Å²) in [5, 5.41) is 2.64. The fourth-order valence-electron chi connectivity index (χ4n) is 0.851. The van der Waals surface area contributed by atoms with Crippen molar-refractivity contribution in [1.82, 2.24) is 0 Å². The quantitative estimate of drug-likeness (QED) is 0.806. The molecule has 92 valence electrons. The van der Waals surface area contributed by atoms with Crippen LogP contribution >= 0.6 is 0 Å². The lowest BCUT2D eigenvalue weighted by Crippen LogP contribution is -2.04. The fraction of sp³-hybridized carbons (Fsp3) is 0.364. The maximum atomic E-state index is 12.1. The van der Waals surface area contributed by atoms with Crippen LogP contribution in [0.3, 0.4) is 0 Å². The minimum absolute atomic E-state index is 0.463. The van der Waals surface area contributed by atoms with E-state index >= 15 is 0 Å². The molecule has 1 rings (SSSR count). The van der Waals surface area contributed by atoms with E-state index in [2.05, 4.69) is 5.32 Å². The molecule has 0 bridgehead atoms. The van der Waals surface area contributed by atoms with Crippen LogP contribution in [-0.4, -0.2) is 13.8 Å². The largest absolute Gasteiger partial charge is 0.416 e. The van der Waals surface area contributed by atoms with E-state index in [1.54, 1.807) is 13.1 Å². The number of halogens is 3. The number of alkyl halides is 3. The van der Waals surface area contributed by atoms with E-state index in [0.29, 0.717) is 5.69 Å². The van der Waals surface area contributed by atoms with Gasteiger partial charge in [0.15, 0.2) is 0 Å². The zero-order chi connectivity index (χ0) is 13.2. The molecule has 0 saturated heterocycles. The van der Waals surface area contributed by atoms with Crippen molar-refractivity contribution >= 4 is 12.5 Å². The number of benzene rings is 1. The molecular formula is C11H16F3NO. The summed E-state index contributed by atoms with van der Waals surface area (Å²) in [4.78, 5) is 8.00. The lowest BCUT2D eigenvalue weighted by atomic mass is 10.2. The molecule has 0 heterocycles. The van der Waals surface area contributed by atoms with Crippen molar-refractivity contribution in [2.75, 3.05) is 12.4 Å². The first kappa shape index (κ1) is 16.9. The molecule has 0 spiro atoms. The molecule has 0 aliphatic heterocycles. The Labute approximate surface area is 93.5 Å². The maximum Gasteiger partial charge on any atom is 0.416 e. The first-order valence-electron chi connectivity index (χ1n) is 4.68. The number of nitrogens with one attached hydrogen (secondary N) is 1. The third-order valence-electron chi connectivity index (χ3n) is 1.48. The van der Waals surface area contributed by atoms with E-state index in [1.807, 2.05) is 20.6 Å². The van der Waals surface area contributed by atoms with Gasteiger partial charge in [-0.05, 0) is 18.2 Å². The topological polar surface area (TPSA) is 29.1 Å².